The summed E-state index contributed by atoms with van der Waals surface area (Å²) in [6.07, 6.45) is 0. The van der Waals surface area contributed by atoms with E-state index in [-0.39, 0.29) is 0 Å². The number of methoxy groups -OCH3 is 1. The van der Waals surface area contributed by atoms with E-state index < -0.39 is 0 Å². The second-order valence-corrected chi connectivity index (χ2v) is 6.06. The Hall–Kier alpha value is -1.63. The van der Waals surface area contributed by atoms with Gasteiger partial charge >= 0.3 is 0 Å². The van der Waals surface area contributed by atoms with Gasteiger partial charge in [-0.25, -0.2) is 4.98 Å². The third kappa shape index (κ3) is 3.40. The fraction of sp³-hybridized carbons (Fsp3) is 0.438. The highest BCUT2D eigenvalue weighted by atomic mass is 32.1. The zero-order valence-corrected chi connectivity index (χ0v) is 13.7. The fourth-order valence-electron chi connectivity index (χ4n) is 2.48. The van der Waals surface area contributed by atoms with Crippen LogP contribution in [0.15, 0.2) is 23.6 Å². The molecule has 0 saturated heterocycles. The van der Waals surface area contributed by atoms with Gasteiger partial charge in [0.25, 0.3) is 0 Å². The summed E-state index contributed by atoms with van der Waals surface area (Å²) in [6, 6.07) is 6.05. The lowest BCUT2D eigenvalue weighted by atomic mass is 10.1. The number of fused-ring (bicyclic) bond motifs is 1. The molecule has 0 unspecified atom stereocenters. The Morgan fingerprint density at radius 3 is 3.05 bits per heavy atom. The van der Waals surface area contributed by atoms with Gasteiger partial charge in [0.1, 0.15) is 5.01 Å². The second-order valence-electron chi connectivity index (χ2n) is 5.12. The number of hydrogen-bond donors (Lipinski definition) is 0. The van der Waals surface area contributed by atoms with Crippen LogP contribution in [0.3, 0.4) is 0 Å². The highest BCUT2D eigenvalue weighted by Gasteiger charge is 2.19. The van der Waals surface area contributed by atoms with E-state index in [0.717, 1.165) is 47.4 Å². The normalized spacial score (nSPS) is 13.0. The van der Waals surface area contributed by atoms with Crippen molar-refractivity contribution in [3.8, 4) is 11.5 Å². The van der Waals surface area contributed by atoms with Gasteiger partial charge in [-0.3, -0.25) is 4.90 Å². The number of para-hydroxylation sites is 1. The van der Waals surface area contributed by atoms with Crippen molar-refractivity contribution in [2.75, 3.05) is 20.4 Å². The third-order valence-electron chi connectivity index (χ3n) is 3.57. The molecule has 0 bridgehead atoms. The first-order valence-electron chi connectivity index (χ1n) is 7.32. The van der Waals surface area contributed by atoms with Crippen molar-refractivity contribution < 1.29 is 14.2 Å². The molecular weight excluding hydrogens is 300 g/mol. The quantitative estimate of drug-likeness (QED) is 0.784. The van der Waals surface area contributed by atoms with Gasteiger partial charge in [-0.05, 0) is 12.6 Å². The molecule has 0 atom stereocenters. The zero-order valence-electron chi connectivity index (χ0n) is 12.9. The molecule has 2 heterocycles. The second kappa shape index (κ2) is 7.09. The molecule has 5 nitrogen and oxygen atoms in total. The predicted molar refractivity (Wildman–Crippen MR) is 85.2 cm³/mol. The van der Waals surface area contributed by atoms with Crippen LogP contribution < -0.4 is 9.47 Å². The summed E-state index contributed by atoms with van der Waals surface area (Å²) in [4.78, 5) is 6.93. The van der Waals surface area contributed by atoms with E-state index in [2.05, 4.69) is 28.3 Å². The summed E-state index contributed by atoms with van der Waals surface area (Å²) in [5.41, 5.74) is 2.24. The molecule has 1 aromatic heterocycles. The van der Waals surface area contributed by atoms with Crippen molar-refractivity contribution in [3.63, 3.8) is 0 Å². The molecule has 1 aliphatic heterocycles. The van der Waals surface area contributed by atoms with Gasteiger partial charge < -0.3 is 14.2 Å². The molecule has 2 aromatic rings. The average Bonchev–Trinajstić information content (AvgIpc) is 3.16. The molecule has 118 valence electrons. The van der Waals surface area contributed by atoms with Gasteiger partial charge in [0.05, 0.1) is 12.3 Å². The zero-order chi connectivity index (χ0) is 15.4. The maximum atomic E-state index is 5.58. The van der Waals surface area contributed by atoms with E-state index in [1.807, 2.05) is 12.1 Å². The Kier molecular flexibility index (Phi) is 4.92. The Balaban J connectivity index is 1.68. The Morgan fingerprint density at radius 2 is 2.23 bits per heavy atom. The third-order valence-corrected chi connectivity index (χ3v) is 4.44. The molecule has 22 heavy (non-hydrogen) atoms. The standard InChI is InChI=1S/C16H20N2O3S/c1-3-18(8-13-10-22-15(17-13)9-19-2)7-12-5-4-6-14-16(12)21-11-20-14/h4-6,10H,3,7-9,11H2,1-2H3. The molecular formula is C16H20N2O3S. The van der Waals surface area contributed by atoms with E-state index in [1.54, 1.807) is 18.4 Å². The number of rotatable bonds is 7. The van der Waals surface area contributed by atoms with E-state index in [4.69, 9.17) is 14.2 Å². The van der Waals surface area contributed by atoms with Crippen molar-refractivity contribution in [2.45, 2.75) is 26.6 Å². The molecule has 0 N–H and O–H groups in total. The van der Waals surface area contributed by atoms with Crippen LogP contribution in [0.25, 0.3) is 0 Å². The van der Waals surface area contributed by atoms with E-state index in [0.29, 0.717) is 13.4 Å². The van der Waals surface area contributed by atoms with Gasteiger partial charge in [-0.1, -0.05) is 19.1 Å². The average molecular weight is 320 g/mol. The van der Waals surface area contributed by atoms with Crippen LogP contribution in [0.4, 0.5) is 0 Å². The van der Waals surface area contributed by atoms with Crippen LogP contribution in [0.1, 0.15) is 23.2 Å². The molecule has 0 saturated carbocycles. The molecule has 0 spiro atoms. The Bertz CT molecular complexity index is 630. The smallest absolute Gasteiger partial charge is 0.231 e. The first kappa shape index (κ1) is 15.3. The summed E-state index contributed by atoms with van der Waals surface area (Å²) >= 11 is 1.65. The van der Waals surface area contributed by atoms with Crippen molar-refractivity contribution in [3.05, 3.63) is 39.8 Å². The minimum atomic E-state index is 0.310. The topological polar surface area (TPSA) is 43.8 Å². The summed E-state index contributed by atoms with van der Waals surface area (Å²) in [5, 5.41) is 3.12. The van der Waals surface area contributed by atoms with Crippen LogP contribution in [0, 0.1) is 0 Å². The van der Waals surface area contributed by atoms with Gasteiger partial charge in [0, 0.05) is 31.1 Å². The first-order chi connectivity index (χ1) is 10.8. The number of benzene rings is 1. The summed E-state index contributed by atoms with van der Waals surface area (Å²) < 4.78 is 16.1. The summed E-state index contributed by atoms with van der Waals surface area (Å²) in [5.74, 6) is 1.71. The number of thiazole rings is 1. The molecule has 3 rings (SSSR count). The largest absolute Gasteiger partial charge is 0.454 e. The minimum absolute atomic E-state index is 0.310. The van der Waals surface area contributed by atoms with E-state index in [9.17, 15) is 0 Å². The molecule has 0 amide bonds. The van der Waals surface area contributed by atoms with Gasteiger partial charge in [0.15, 0.2) is 11.5 Å². The number of hydrogen-bond acceptors (Lipinski definition) is 6. The van der Waals surface area contributed by atoms with Crippen molar-refractivity contribution in [1.82, 2.24) is 9.88 Å². The molecule has 1 aliphatic rings. The highest BCUT2D eigenvalue weighted by molar-refractivity contribution is 7.09. The highest BCUT2D eigenvalue weighted by Crippen LogP contribution is 2.36. The fourth-order valence-corrected chi connectivity index (χ4v) is 3.23. The monoisotopic (exact) mass is 320 g/mol. The lowest BCUT2D eigenvalue weighted by Crippen LogP contribution is -2.22. The van der Waals surface area contributed by atoms with Gasteiger partial charge in [-0.2, -0.15) is 0 Å². The minimum Gasteiger partial charge on any atom is -0.454 e. The Labute approximate surface area is 134 Å². The van der Waals surface area contributed by atoms with Crippen LogP contribution in [-0.2, 0) is 24.4 Å². The number of ether oxygens (including phenoxy) is 3. The molecule has 6 heteroatoms. The van der Waals surface area contributed by atoms with E-state index in [1.165, 1.54) is 0 Å². The van der Waals surface area contributed by atoms with Crippen molar-refractivity contribution in [2.24, 2.45) is 0 Å². The molecule has 1 aromatic carbocycles. The van der Waals surface area contributed by atoms with E-state index >= 15 is 0 Å². The van der Waals surface area contributed by atoms with Crippen LogP contribution in [0.5, 0.6) is 11.5 Å². The molecule has 0 radical (unpaired) electrons. The maximum absolute atomic E-state index is 5.58. The Morgan fingerprint density at radius 1 is 1.32 bits per heavy atom. The van der Waals surface area contributed by atoms with Gasteiger partial charge in [0.2, 0.25) is 6.79 Å². The summed E-state index contributed by atoms with van der Waals surface area (Å²) in [7, 11) is 1.69. The maximum Gasteiger partial charge on any atom is 0.231 e. The SMILES string of the molecule is CCN(Cc1csc(COC)n1)Cc1cccc2c1OCO2. The van der Waals surface area contributed by atoms with Crippen LogP contribution in [0.2, 0.25) is 0 Å². The lowest BCUT2D eigenvalue weighted by Gasteiger charge is -2.20. The van der Waals surface area contributed by atoms with Crippen molar-refractivity contribution >= 4 is 11.3 Å². The summed E-state index contributed by atoms with van der Waals surface area (Å²) in [6.45, 7) is 5.63. The number of aromatic nitrogens is 1. The van der Waals surface area contributed by atoms with Crippen LogP contribution >= 0.6 is 11.3 Å². The number of nitrogens with zero attached hydrogens (tertiary/aromatic N) is 2. The van der Waals surface area contributed by atoms with Gasteiger partial charge in [-0.15, -0.1) is 11.3 Å². The molecule has 0 fully saturated rings. The molecule has 0 aliphatic carbocycles. The van der Waals surface area contributed by atoms with Crippen LogP contribution in [-0.4, -0.2) is 30.3 Å². The first-order valence-corrected chi connectivity index (χ1v) is 8.20. The van der Waals surface area contributed by atoms with Crippen molar-refractivity contribution in [1.29, 1.82) is 0 Å². The lowest BCUT2D eigenvalue weighted by molar-refractivity contribution is 0.171. The predicted octanol–water partition coefficient (Wildman–Crippen LogP) is 3.04.